The molecular weight excluding hydrogens is 442 g/mol. The van der Waals surface area contributed by atoms with Crippen molar-refractivity contribution >= 4 is 27.4 Å². The first kappa shape index (κ1) is 20.4. The lowest BCUT2D eigenvalue weighted by molar-refractivity contribution is 0.249. The van der Waals surface area contributed by atoms with Gasteiger partial charge in [0.2, 0.25) is 0 Å². The van der Waals surface area contributed by atoms with Gasteiger partial charge in [-0.2, -0.15) is 0 Å². The summed E-state index contributed by atoms with van der Waals surface area (Å²) < 4.78 is 5.67. The zero-order valence-electron chi connectivity index (χ0n) is 19.2. The van der Waals surface area contributed by atoms with Gasteiger partial charge < -0.3 is 9.64 Å². The van der Waals surface area contributed by atoms with E-state index in [-0.39, 0.29) is 0 Å². The lowest BCUT2D eigenvalue weighted by Crippen LogP contribution is -2.46. The van der Waals surface area contributed by atoms with Crippen LogP contribution in [0.3, 0.4) is 0 Å². The predicted molar refractivity (Wildman–Crippen MR) is 136 cm³/mol. The predicted octanol–water partition coefficient (Wildman–Crippen LogP) is 4.50. The monoisotopic (exact) mass is 469 g/mol. The van der Waals surface area contributed by atoms with Crippen LogP contribution in [0.15, 0.2) is 42.7 Å². The van der Waals surface area contributed by atoms with E-state index in [4.69, 9.17) is 14.7 Å². The van der Waals surface area contributed by atoms with E-state index in [9.17, 15) is 0 Å². The van der Waals surface area contributed by atoms with Crippen molar-refractivity contribution in [1.29, 1.82) is 0 Å². The van der Waals surface area contributed by atoms with E-state index in [2.05, 4.69) is 39.0 Å². The van der Waals surface area contributed by atoms with Crippen LogP contribution in [0.2, 0.25) is 0 Å². The molecule has 2 aliphatic heterocycles. The zero-order chi connectivity index (χ0) is 22.5. The standard InChI is InChI=1S/C27H27N5OS/c1-4-21-23(5-1)34-27-24(21)26(29-25(30-27)20-3-2-9-28-16-20)32-12-10-31(11-13-32)17-18-6-7-22-19(15-18)8-14-33-22/h2-3,6-7,9,15-16H,1,4-5,8,10-14,17H2. The van der Waals surface area contributed by atoms with Crippen LogP contribution in [0, 0.1) is 0 Å². The summed E-state index contributed by atoms with van der Waals surface area (Å²) in [5.74, 6) is 2.98. The Bertz CT molecular complexity index is 1360. The normalized spacial score (nSPS) is 17.7. The Kier molecular flexibility index (Phi) is 4.98. The first-order valence-electron chi connectivity index (χ1n) is 12.3. The van der Waals surface area contributed by atoms with Gasteiger partial charge in [-0.05, 0) is 54.2 Å². The Morgan fingerprint density at radius 3 is 2.82 bits per heavy atom. The third-order valence-corrected chi connectivity index (χ3v) is 8.48. The van der Waals surface area contributed by atoms with Gasteiger partial charge in [0.25, 0.3) is 0 Å². The highest BCUT2D eigenvalue weighted by atomic mass is 32.1. The minimum Gasteiger partial charge on any atom is -0.493 e. The average molecular weight is 470 g/mol. The molecule has 1 saturated heterocycles. The summed E-state index contributed by atoms with van der Waals surface area (Å²) in [5.41, 5.74) is 5.22. The zero-order valence-corrected chi connectivity index (χ0v) is 20.0. The summed E-state index contributed by atoms with van der Waals surface area (Å²) in [5, 5.41) is 1.30. The molecule has 0 amide bonds. The molecule has 0 atom stereocenters. The summed E-state index contributed by atoms with van der Waals surface area (Å²) in [4.78, 5) is 22.1. The number of thiophene rings is 1. The molecule has 6 nitrogen and oxygen atoms in total. The quantitative estimate of drug-likeness (QED) is 0.439. The number of benzene rings is 1. The van der Waals surface area contributed by atoms with Crippen LogP contribution >= 0.6 is 11.3 Å². The van der Waals surface area contributed by atoms with Gasteiger partial charge in [0, 0.05) is 62.0 Å². The van der Waals surface area contributed by atoms with E-state index in [1.54, 1.807) is 6.20 Å². The molecule has 3 aromatic heterocycles. The van der Waals surface area contributed by atoms with E-state index in [1.807, 2.05) is 23.6 Å². The van der Waals surface area contributed by atoms with Crippen molar-refractivity contribution in [2.75, 3.05) is 37.7 Å². The highest BCUT2D eigenvalue weighted by Gasteiger charge is 2.27. The maximum atomic E-state index is 5.67. The molecule has 0 unspecified atom stereocenters. The number of anilines is 1. The number of pyridine rings is 1. The van der Waals surface area contributed by atoms with E-state index < -0.39 is 0 Å². The first-order chi connectivity index (χ1) is 16.8. The van der Waals surface area contributed by atoms with E-state index in [0.29, 0.717) is 0 Å². The van der Waals surface area contributed by atoms with Crippen LogP contribution in [0.4, 0.5) is 5.82 Å². The molecule has 3 aliphatic rings. The van der Waals surface area contributed by atoms with Crippen molar-refractivity contribution in [1.82, 2.24) is 19.9 Å². The molecule has 172 valence electrons. The molecule has 7 heteroatoms. The second-order valence-corrected chi connectivity index (χ2v) is 10.5. The molecule has 0 saturated carbocycles. The van der Waals surface area contributed by atoms with E-state index >= 15 is 0 Å². The maximum Gasteiger partial charge on any atom is 0.164 e. The summed E-state index contributed by atoms with van der Waals surface area (Å²) in [6.45, 7) is 5.85. The fraction of sp³-hybridized carbons (Fsp3) is 0.370. The SMILES string of the molecule is c1cncc(-c2nc(N3CCN(Cc4ccc5c(c4)CCO5)CC3)c3c4c(sc3n2)CCC4)c1. The average Bonchev–Trinajstić information content (AvgIpc) is 3.60. The fourth-order valence-electron chi connectivity index (χ4n) is 5.54. The smallest absolute Gasteiger partial charge is 0.164 e. The number of fused-ring (bicyclic) bond motifs is 4. The number of hydrogen-bond donors (Lipinski definition) is 0. The molecule has 0 radical (unpaired) electrons. The van der Waals surface area contributed by atoms with Crippen LogP contribution in [0.25, 0.3) is 21.6 Å². The molecule has 1 aliphatic carbocycles. The van der Waals surface area contributed by atoms with Gasteiger partial charge in [-0.25, -0.2) is 9.97 Å². The molecule has 4 aromatic rings. The molecule has 7 rings (SSSR count). The second kappa shape index (κ2) is 8.32. The number of aryl methyl sites for hydroxylation is 2. The Balaban J connectivity index is 1.16. The number of nitrogens with zero attached hydrogens (tertiary/aromatic N) is 5. The van der Waals surface area contributed by atoms with Crippen LogP contribution in [0.1, 0.15) is 28.0 Å². The topological polar surface area (TPSA) is 54.4 Å². The summed E-state index contributed by atoms with van der Waals surface area (Å²) in [7, 11) is 0. The van der Waals surface area contributed by atoms with Gasteiger partial charge >= 0.3 is 0 Å². The first-order valence-corrected chi connectivity index (χ1v) is 13.1. The van der Waals surface area contributed by atoms with Crippen LogP contribution in [0.5, 0.6) is 5.75 Å². The fourth-order valence-corrected chi connectivity index (χ4v) is 6.80. The van der Waals surface area contributed by atoms with Crippen LogP contribution < -0.4 is 9.64 Å². The number of aromatic nitrogens is 3. The summed E-state index contributed by atoms with van der Waals surface area (Å²) in [6, 6.07) is 10.7. The summed E-state index contributed by atoms with van der Waals surface area (Å²) in [6.07, 6.45) is 8.28. The lowest BCUT2D eigenvalue weighted by atomic mass is 10.1. The largest absolute Gasteiger partial charge is 0.493 e. The Labute approximate surface area is 203 Å². The van der Waals surface area contributed by atoms with Gasteiger partial charge in [0.1, 0.15) is 16.4 Å². The van der Waals surface area contributed by atoms with Gasteiger partial charge in [0.05, 0.1) is 12.0 Å². The maximum absolute atomic E-state index is 5.67. The van der Waals surface area contributed by atoms with E-state index in [1.165, 1.54) is 39.8 Å². The van der Waals surface area contributed by atoms with Crippen molar-refractivity contribution in [3.8, 4) is 17.1 Å². The van der Waals surface area contributed by atoms with Crippen molar-refractivity contribution in [2.45, 2.75) is 32.2 Å². The molecule has 0 N–H and O–H groups in total. The molecule has 1 fully saturated rings. The molecule has 34 heavy (non-hydrogen) atoms. The van der Waals surface area contributed by atoms with Crippen LogP contribution in [-0.4, -0.2) is 52.6 Å². The summed E-state index contributed by atoms with van der Waals surface area (Å²) >= 11 is 1.87. The van der Waals surface area contributed by atoms with Crippen molar-refractivity contribution < 1.29 is 4.74 Å². The van der Waals surface area contributed by atoms with Crippen molar-refractivity contribution in [3.05, 3.63) is 64.3 Å². The molecule has 0 spiro atoms. The number of piperazine rings is 1. The Hall–Kier alpha value is -3.03. The highest BCUT2D eigenvalue weighted by Crippen LogP contribution is 2.41. The van der Waals surface area contributed by atoms with Gasteiger partial charge in [-0.3, -0.25) is 9.88 Å². The minimum absolute atomic E-state index is 0.790. The molecular formula is C27H27N5OS. The van der Waals surface area contributed by atoms with Gasteiger partial charge in [-0.15, -0.1) is 11.3 Å². The Morgan fingerprint density at radius 2 is 1.94 bits per heavy atom. The Morgan fingerprint density at radius 1 is 1.00 bits per heavy atom. The minimum atomic E-state index is 0.790. The molecule has 0 bridgehead atoms. The van der Waals surface area contributed by atoms with Crippen molar-refractivity contribution in [3.63, 3.8) is 0 Å². The highest BCUT2D eigenvalue weighted by molar-refractivity contribution is 7.19. The van der Waals surface area contributed by atoms with E-state index in [0.717, 1.165) is 80.0 Å². The van der Waals surface area contributed by atoms with Gasteiger partial charge in [0.15, 0.2) is 5.82 Å². The number of ether oxygens (including phenoxy) is 1. The van der Waals surface area contributed by atoms with Crippen molar-refractivity contribution in [2.24, 2.45) is 0 Å². The number of hydrogen-bond acceptors (Lipinski definition) is 7. The third-order valence-electron chi connectivity index (χ3n) is 7.30. The molecule has 1 aromatic carbocycles. The van der Waals surface area contributed by atoms with Gasteiger partial charge in [-0.1, -0.05) is 12.1 Å². The van der Waals surface area contributed by atoms with Crippen LogP contribution in [-0.2, 0) is 25.8 Å². The lowest BCUT2D eigenvalue weighted by Gasteiger charge is -2.36. The number of rotatable bonds is 4. The molecule has 5 heterocycles. The third kappa shape index (κ3) is 3.54. The second-order valence-electron chi connectivity index (χ2n) is 9.45.